The molecule has 0 aliphatic heterocycles. The van der Waals surface area contributed by atoms with Gasteiger partial charge in [-0.05, 0) is 19.8 Å². The van der Waals surface area contributed by atoms with Crippen LogP contribution in [0.15, 0.2) is 12.7 Å². The van der Waals surface area contributed by atoms with E-state index >= 15 is 0 Å². The molecule has 2 aromatic heterocycles. The van der Waals surface area contributed by atoms with Crippen LogP contribution < -0.4 is 5.32 Å². The quantitative estimate of drug-likeness (QED) is 0.333. The van der Waals surface area contributed by atoms with E-state index in [2.05, 4.69) is 39.0 Å². The van der Waals surface area contributed by atoms with Gasteiger partial charge in [-0.15, -0.1) is 0 Å². The Kier molecular flexibility index (Phi) is 8.48. The van der Waals surface area contributed by atoms with Crippen molar-refractivity contribution >= 4 is 17.0 Å². The van der Waals surface area contributed by atoms with Crippen LogP contribution in [0.5, 0.6) is 0 Å². The number of aliphatic hydroxyl groups excluding tert-OH is 2. The van der Waals surface area contributed by atoms with Gasteiger partial charge in [-0.3, -0.25) is 15.3 Å². The fourth-order valence-electron chi connectivity index (χ4n) is 3.09. The molecule has 2 heterocycles. The lowest BCUT2D eigenvalue weighted by atomic mass is 10.0. The predicted octanol–water partition coefficient (Wildman–Crippen LogP) is 1.50. The third kappa shape index (κ3) is 5.56. The first-order valence-corrected chi connectivity index (χ1v) is 9.49. The van der Waals surface area contributed by atoms with Gasteiger partial charge >= 0.3 is 0 Å². The highest BCUT2D eigenvalue weighted by atomic mass is 17.1. The minimum Gasteiger partial charge on any atom is -0.390 e. The third-order valence-corrected chi connectivity index (χ3v) is 4.78. The van der Waals surface area contributed by atoms with Crippen LogP contribution in [0, 0.1) is 0 Å². The number of imidazole rings is 1. The molecule has 0 saturated heterocycles. The monoisotopic (exact) mass is 398 g/mol. The van der Waals surface area contributed by atoms with Crippen LogP contribution in [0.2, 0.25) is 0 Å². The highest BCUT2D eigenvalue weighted by Crippen LogP contribution is 2.25. The van der Waals surface area contributed by atoms with Gasteiger partial charge in [0.2, 0.25) is 0 Å². The topological polar surface area (TPSA) is 149 Å². The fourth-order valence-corrected chi connectivity index (χ4v) is 3.09. The van der Waals surface area contributed by atoms with Crippen molar-refractivity contribution < 1.29 is 25.5 Å². The molecule has 0 amide bonds. The molecule has 5 N–H and O–H groups in total. The molecule has 1 unspecified atom stereocenters. The number of nitrogens with one attached hydrogen (secondary N) is 1. The first-order valence-electron chi connectivity index (χ1n) is 9.49. The number of fused-ring (bicyclic) bond motifs is 1. The first-order chi connectivity index (χ1) is 13.4. The van der Waals surface area contributed by atoms with Gasteiger partial charge < -0.3 is 20.1 Å². The third-order valence-electron chi connectivity index (χ3n) is 4.78. The highest BCUT2D eigenvalue weighted by molar-refractivity contribution is 5.82. The molecule has 0 aromatic carbocycles. The number of rotatable bonds is 12. The molecule has 4 atom stereocenters. The van der Waals surface area contributed by atoms with Crippen LogP contribution in [0.1, 0.15) is 52.5 Å². The lowest BCUT2D eigenvalue weighted by molar-refractivity contribution is -0.493. The van der Waals surface area contributed by atoms with E-state index in [1.165, 1.54) is 6.33 Å². The number of aliphatic hydroxyl groups is 2. The Morgan fingerprint density at radius 3 is 2.57 bits per heavy atom. The predicted molar refractivity (Wildman–Crippen MR) is 101 cm³/mol. The Bertz CT molecular complexity index is 727. The van der Waals surface area contributed by atoms with Crippen LogP contribution in [0.4, 0.5) is 5.82 Å². The molecule has 11 nitrogen and oxygen atoms in total. The number of hydrogen-bond donors (Lipinski definition) is 5. The summed E-state index contributed by atoms with van der Waals surface area (Å²) in [6, 6.07) is -0.240. The average Bonchev–Trinajstić information content (AvgIpc) is 3.11. The van der Waals surface area contributed by atoms with Crippen molar-refractivity contribution in [1.29, 1.82) is 0 Å². The Morgan fingerprint density at radius 2 is 1.93 bits per heavy atom. The van der Waals surface area contributed by atoms with Crippen molar-refractivity contribution in [2.45, 2.75) is 70.7 Å². The minimum absolute atomic E-state index is 0.00669. The first kappa shape index (κ1) is 22.4. The normalized spacial score (nSPS) is 16.3. The summed E-state index contributed by atoms with van der Waals surface area (Å²) in [6.45, 7) is 5.81. The molecular weight excluding hydrogens is 368 g/mol. The maximum atomic E-state index is 10.5. The summed E-state index contributed by atoms with van der Waals surface area (Å²) in [7, 11) is 0. The van der Waals surface area contributed by atoms with Gasteiger partial charge in [0.25, 0.3) is 0 Å². The number of nitrogens with zero attached hydrogens (tertiary/aromatic N) is 5. The van der Waals surface area contributed by atoms with E-state index in [-0.39, 0.29) is 19.1 Å². The molecule has 0 saturated carbocycles. The number of anilines is 1. The molecule has 2 aromatic rings. The van der Waals surface area contributed by atoms with E-state index in [1.54, 1.807) is 17.8 Å². The molecule has 11 heteroatoms. The molecule has 28 heavy (non-hydrogen) atoms. The van der Waals surface area contributed by atoms with Gasteiger partial charge in [-0.25, -0.2) is 15.0 Å². The summed E-state index contributed by atoms with van der Waals surface area (Å²) >= 11 is 0. The largest absolute Gasteiger partial charge is 0.390 e. The summed E-state index contributed by atoms with van der Waals surface area (Å²) in [5.41, 5.74) is 1.15. The standard InChI is InChI=1S/C17H30N6O5/c1-4-6-12(5-2)21-16-14-17(19-9-18-16)22(10-20-14)11(3)15(25)13(24)7-8-28-23(26)27/h9-13,15,24-27H,4-8H2,1-3H3,(H,18,19,21)/t11-,12?,13-,15+/m1/s1. The summed E-state index contributed by atoms with van der Waals surface area (Å²) in [5.74, 6) is 0.644. The van der Waals surface area contributed by atoms with Crippen LogP contribution >= 0.6 is 0 Å². The van der Waals surface area contributed by atoms with E-state index in [9.17, 15) is 10.2 Å². The average molecular weight is 398 g/mol. The molecule has 0 radical (unpaired) electrons. The van der Waals surface area contributed by atoms with Crippen molar-refractivity contribution in [3.63, 3.8) is 0 Å². The molecule has 0 fully saturated rings. The summed E-state index contributed by atoms with van der Waals surface area (Å²) in [6.07, 6.45) is 3.78. The molecule has 2 rings (SSSR count). The molecule has 158 valence electrons. The summed E-state index contributed by atoms with van der Waals surface area (Å²) < 4.78 is 1.68. The lowest BCUT2D eigenvalue weighted by Crippen LogP contribution is -2.35. The zero-order valence-electron chi connectivity index (χ0n) is 16.4. The number of aromatic nitrogens is 4. The minimum atomic E-state index is -1.14. The molecule has 0 aliphatic carbocycles. The smallest absolute Gasteiger partial charge is 0.165 e. The van der Waals surface area contributed by atoms with Gasteiger partial charge in [0.15, 0.2) is 11.5 Å². The van der Waals surface area contributed by atoms with Crippen LogP contribution in [-0.4, -0.2) is 70.4 Å². The van der Waals surface area contributed by atoms with E-state index in [1.807, 2.05) is 0 Å². The van der Waals surface area contributed by atoms with E-state index in [0.717, 1.165) is 19.3 Å². The molecule has 0 aliphatic rings. The van der Waals surface area contributed by atoms with Crippen LogP contribution in [0.25, 0.3) is 11.2 Å². The molecule has 0 spiro atoms. The zero-order valence-corrected chi connectivity index (χ0v) is 16.4. The lowest BCUT2D eigenvalue weighted by Gasteiger charge is -2.25. The second-order valence-corrected chi connectivity index (χ2v) is 6.76. The SMILES string of the molecule is CCCC(CC)Nc1ncnc2c1ncn2[C@H](C)[C@H](O)[C@H](O)CCON(O)O. The van der Waals surface area contributed by atoms with Gasteiger partial charge in [-0.1, -0.05) is 20.3 Å². The maximum absolute atomic E-state index is 10.5. The second kappa shape index (κ2) is 10.6. The van der Waals surface area contributed by atoms with Crippen molar-refractivity contribution in [2.75, 3.05) is 11.9 Å². The molecular formula is C17H30N6O5. The van der Waals surface area contributed by atoms with Crippen molar-refractivity contribution in [3.8, 4) is 0 Å². The van der Waals surface area contributed by atoms with Gasteiger partial charge in [0, 0.05) is 12.5 Å². The van der Waals surface area contributed by atoms with Gasteiger partial charge in [-0.2, -0.15) is 0 Å². The Labute approximate surface area is 163 Å². The second-order valence-electron chi connectivity index (χ2n) is 6.76. The summed E-state index contributed by atoms with van der Waals surface area (Å²) in [4.78, 5) is 17.4. The Balaban J connectivity index is 2.15. The Hall–Kier alpha value is -1.89. The van der Waals surface area contributed by atoms with Crippen molar-refractivity contribution in [1.82, 2.24) is 24.9 Å². The number of hydrogen-bond acceptors (Lipinski definition) is 10. The van der Waals surface area contributed by atoms with E-state index in [0.29, 0.717) is 17.0 Å². The van der Waals surface area contributed by atoms with Crippen molar-refractivity contribution in [3.05, 3.63) is 12.7 Å². The highest BCUT2D eigenvalue weighted by Gasteiger charge is 2.26. The zero-order chi connectivity index (χ0) is 20.7. The maximum Gasteiger partial charge on any atom is 0.165 e. The fraction of sp³-hybridized carbons (Fsp3) is 0.706. The van der Waals surface area contributed by atoms with Crippen LogP contribution in [0.3, 0.4) is 0 Å². The van der Waals surface area contributed by atoms with Gasteiger partial charge in [0.1, 0.15) is 17.9 Å². The van der Waals surface area contributed by atoms with Gasteiger partial charge in [0.05, 0.1) is 30.5 Å². The van der Waals surface area contributed by atoms with Crippen LogP contribution in [-0.2, 0) is 4.84 Å². The molecule has 0 bridgehead atoms. The van der Waals surface area contributed by atoms with E-state index < -0.39 is 23.6 Å². The van der Waals surface area contributed by atoms with Crippen molar-refractivity contribution in [2.24, 2.45) is 0 Å². The Morgan fingerprint density at radius 1 is 1.18 bits per heavy atom. The summed E-state index contributed by atoms with van der Waals surface area (Å²) in [5, 5.41) is 40.6. The van der Waals surface area contributed by atoms with E-state index in [4.69, 9.17) is 10.4 Å².